The number of rotatable bonds is 6. The van der Waals surface area contributed by atoms with E-state index in [9.17, 15) is 9.59 Å². The maximum absolute atomic E-state index is 12.1. The number of hydrogen-bond acceptors (Lipinski definition) is 4. The minimum Gasteiger partial charge on any atom is -0.419 e. The number of hydrogen-bond donors (Lipinski definition) is 0. The quantitative estimate of drug-likeness (QED) is 0.0953. The Bertz CT molecular complexity index is 1100. The molecule has 31 heavy (non-hydrogen) atoms. The van der Waals surface area contributed by atoms with Crippen molar-refractivity contribution in [1.29, 1.82) is 0 Å². The molecule has 0 aliphatic carbocycles. The summed E-state index contributed by atoms with van der Waals surface area (Å²) in [5.74, 6) is -1.36. The molecule has 164 valence electrons. The van der Waals surface area contributed by atoms with E-state index in [-0.39, 0.29) is 17.9 Å². The van der Waals surface area contributed by atoms with Crippen molar-refractivity contribution in [2.75, 3.05) is 0 Å². The second-order valence-corrected chi connectivity index (χ2v) is 11.9. The number of carbonyl (C=O) groups is 2. The van der Waals surface area contributed by atoms with E-state index in [0.717, 1.165) is 40.1 Å². The summed E-state index contributed by atoms with van der Waals surface area (Å²) < 4.78 is 16.4. The van der Waals surface area contributed by atoms with Crippen LogP contribution in [0.25, 0.3) is 0 Å². The van der Waals surface area contributed by atoms with Crippen molar-refractivity contribution < 1.29 is 19.1 Å². The molecule has 0 atom stereocenters. The molecule has 0 aliphatic heterocycles. The Hall–Kier alpha value is 0.700. The minimum absolute atomic E-state index is 0.0210. The van der Waals surface area contributed by atoms with Crippen LogP contribution in [0.4, 0.5) is 0 Å². The molecule has 2 aromatic carbocycles. The van der Waals surface area contributed by atoms with Gasteiger partial charge in [0.1, 0.15) is 0 Å². The van der Waals surface area contributed by atoms with Crippen LogP contribution in [0.2, 0.25) is 0 Å². The normalized spacial score (nSPS) is 10.6. The predicted molar refractivity (Wildman–Crippen MR) is 149 cm³/mol. The Morgan fingerprint density at radius 3 is 1.39 bits per heavy atom. The molecule has 0 spiro atoms. The van der Waals surface area contributed by atoms with E-state index in [1.54, 1.807) is 0 Å². The van der Waals surface area contributed by atoms with Gasteiger partial charge in [-0.25, -0.2) is 9.59 Å². The van der Waals surface area contributed by atoms with Gasteiger partial charge in [-0.1, -0.05) is 13.2 Å². The van der Waals surface area contributed by atoms with E-state index in [2.05, 4.69) is 141 Å². The summed E-state index contributed by atoms with van der Waals surface area (Å²) in [6.07, 6.45) is 2.30. The number of ether oxygens (including phenoxy) is 2. The maximum Gasteiger partial charge on any atom is 0.335 e. The van der Waals surface area contributed by atoms with Crippen LogP contribution in [-0.4, -0.2) is 11.9 Å². The molecule has 0 amide bonds. The number of halogens is 8. The molecule has 0 saturated heterocycles. The molecule has 0 heterocycles. The van der Waals surface area contributed by atoms with Gasteiger partial charge in [-0.3, -0.25) is 0 Å². The largest absolute Gasteiger partial charge is 0.419 e. The highest BCUT2D eigenvalue weighted by molar-refractivity contribution is 9.16. The van der Waals surface area contributed by atoms with Crippen LogP contribution < -0.4 is 9.47 Å². The summed E-state index contributed by atoms with van der Waals surface area (Å²) in [5, 5.41) is 0. The lowest BCUT2D eigenvalue weighted by Gasteiger charge is -2.20. The average Bonchev–Trinajstić information content (AvgIpc) is 2.76. The number of benzene rings is 2. The molecule has 0 bridgehead atoms. The highest BCUT2D eigenvalue weighted by Gasteiger charge is 2.28. The lowest BCUT2D eigenvalue weighted by Crippen LogP contribution is -2.12. The van der Waals surface area contributed by atoms with Crippen LogP contribution in [0, 0.1) is 0 Å². The Balaban J connectivity index is 2.86. The van der Waals surface area contributed by atoms with Crippen molar-refractivity contribution in [2.24, 2.45) is 0 Å². The van der Waals surface area contributed by atoms with Gasteiger partial charge in [0.2, 0.25) is 0 Å². The smallest absolute Gasteiger partial charge is 0.335 e. The number of esters is 2. The monoisotopic (exact) mass is 931 g/mol. The van der Waals surface area contributed by atoms with Gasteiger partial charge < -0.3 is 9.47 Å². The van der Waals surface area contributed by atoms with E-state index >= 15 is 0 Å². The van der Waals surface area contributed by atoms with Crippen LogP contribution in [0.3, 0.4) is 0 Å². The van der Waals surface area contributed by atoms with Crippen molar-refractivity contribution in [3.63, 3.8) is 0 Å². The summed E-state index contributed by atoms with van der Waals surface area (Å²) >= 11 is 28.2. The molecule has 0 saturated carbocycles. The SMILES string of the molecule is C=CC(=O)Oc1c(Br)c(Br)c(Br)c(Cc2c(Br)c(Br)c(Br)c(Br)c2Br)c1OC(=O)C=C. The topological polar surface area (TPSA) is 52.6 Å². The molecule has 2 aromatic rings. The highest BCUT2D eigenvalue weighted by atomic mass is 79.9. The van der Waals surface area contributed by atoms with Crippen LogP contribution in [0.5, 0.6) is 11.5 Å². The third kappa shape index (κ3) is 6.04. The molecule has 0 radical (unpaired) electrons. The average molecular weight is 940 g/mol. The molecule has 0 aromatic heterocycles. The van der Waals surface area contributed by atoms with Gasteiger partial charge >= 0.3 is 11.9 Å². The van der Waals surface area contributed by atoms with Gasteiger partial charge in [0.15, 0.2) is 11.5 Å². The summed E-state index contributed by atoms with van der Waals surface area (Å²) in [6, 6.07) is 0. The van der Waals surface area contributed by atoms with Crippen LogP contribution in [-0.2, 0) is 16.0 Å². The molecule has 2 rings (SSSR count). The van der Waals surface area contributed by atoms with Crippen LogP contribution in [0.1, 0.15) is 11.1 Å². The van der Waals surface area contributed by atoms with Crippen molar-refractivity contribution in [2.45, 2.75) is 6.42 Å². The molecule has 0 fully saturated rings. The fourth-order valence-corrected chi connectivity index (χ4v) is 7.36. The first kappa shape index (κ1) is 27.9. The molecule has 4 nitrogen and oxygen atoms in total. The lowest BCUT2D eigenvalue weighted by atomic mass is 10.0. The fourth-order valence-electron chi connectivity index (χ4n) is 2.29. The van der Waals surface area contributed by atoms with Crippen LogP contribution in [0.15, 0.2) is 61.1 Å². The zero-order chi connectivity index (χ0) is 23.6. The first-order valence-corrected chi connectivity index (χ1v) is 14.2. The number of carbonyl (C=O) groups excluding carboxylic acids is 2. The zero-order valence-electron chi connectivity index (χ0n) is 14.9. The van der Waals surface area contributed by atoms with Crippen molar-refractivity contribution in [1.82, 2.24) is 0 Å². The Kier molecular flexibility index (Phi) is 10.7. The first-order chi connectivity index (χ1) is 14.5. The summed E-state index contributed by atoms with van der Waals surface area (Å²) in [4.78, 5) is 24.1. The summed E-state index contributed by atoms with van der Waals surface area (Å²) in [5.41, 5.74) is 1.37. The molecule has 0 aliphatic rings. The van der Waals surface area contributed by atoms with E-state index in [4.69, 9.17) is 9.47 Å². The minimum atomic E-state index is -0.715. The molecule has 0 N–H and O–H groups in total. The molecule has 0 unspecified atom stereocenters. The lowest BCUT2D eigenvalue weighted by molar-refractivity contribution is -0.131. The maximum atomic E-state index is 12.1. The second kappa shape index (κ2) is 11.9. The van der Waals surface area contributed by atoms with E-state index < -0.39 is 11.9 Å². The van der Waals surface area contributed by atoms with Gasteiger partial charge in [0.25, 0.3) is 0 Å². The molecular weight excluding hydrogens is 931 g/mol. The van der Waals surface area contributed by atoms with Gasteiger partial charge in [-0.05, 0) is 133 Å². The van der Waals surface area contributed by atoms with Gasteiger partial charge in [0, 0.05) is 51.0 Å². The molecule has 12 heteroatoms. The summed E-state index contributed by atoms with van der Waals surface area (Å²) in [6.45, 7) is 6.85. The predicted octanol–water partition coefficient (Wildman–Crippen LogP) is 9.56. The highest BCUT2D eigenvalue weighted by Crippen LogP contribution is 2.51. The van der Waals surface area contributed by atoms with Crippen molar-refractivity contribution in [3.8, 4) is 11.5 Å². The van der Waals surface area contributed by atoms with Crippen molar-refractivity contribution >= 4 is 139 Å². The fraction of sp³-hybridized carbons (Fsp3) is 0.0526. The second-order valence-electron chi connectivity index (χ2n) is 5.55. The van der Waals surface area contributed by atoms with Crippen LogP contribution >= 0.6 is 127 Å². The Morgan fingerprint density at radius 2 is 0.935 bits per heavy atom. The van der Waals surface area contributed by atoms with Gasteiger partial charge in [0.05, 0.1) is 8.95 Å². The molecular formula is C19H8Br8O4. The Morgan fingerprint density at radius 1 is 0.581 bits per heavy atom. The Labute approximate surface area is 245 Å². The zero-order valence-corrected chi connectivity index (χ0v) is 27.6. The van der Waals surface area contributed by atoms with E-state index in [0.29, 0.717) is 19.0 Å². The third-order valence-corrected chi connectivity index (χ3v) is 13.5. The van der Waals surface area contributed by atoms with Gasteiger partial charge in [-0.15, -0.1) is 0 Å². The standard InChI is InChI=1S/C19H8Br8O4/c1-3-8(28)30-18-7(5-6-10(20)13(23)16(26)14(24)11(6)21)12(22)15(25)17(27)19(18)31-9(29)4-2/h3-4H,1-2,5H2. The van der Waals surface area contributed by atoms with E-state index in [1.165, 1.54) is 0 Å². The van der Waals surface area contributed by atoms with E-state index in [1.807, 2.05) is 0 Å². The summed E-state index contributed by atoms with van der Waals surface area (Å²) in [7, 11) is 0. The van der Waals surface area contributed by atoms with Crippen molar-refractivity contribution in [3.05, 3.63) is 72.2 Å². The third-order valence-electron chi connectivity index (χ3n) is 3.72. The first-order valence-electron chi connectivity index (χ1n) is 7.84. The van der Waals surface area contributed by atoms with Gasteiger partial charge in [-0.2, -0.15) is 0 Å².